The molecule has 0 radical (unpaired) electrons. The molecule has 1 aromatic carbocycles. The lowest BCUT2D eigenvalue weighted by Crippen LogP contribution is -2.28. The Hall–Kier alpha value is -2.54. The molecule has 0 aliphatic heterocycles. The summed E-state index contributed by atoms with van der Waals surface area (Å²) >= 11 is 5.18. The van der Waals surface area contributed by atoms with Crippen LogP contribution in [0, 0.1) is 13.8 Å². The van der Waals surface area contributed by atoms with E-state index in [9.17, 15) is 13.6 Å². The minimum atomic E-state index is -3.63. The Morgan fingerprint density at radius 3 is 2.52 bits per heavy atom. The van der Waals surface area contributed by atoms with Gasteiger partial charge in [-0.1, -0.05) is 36.8 Å². The fraction of sp³-hybridized carbons (Fsp3) is 0.316. The predicted molar refractivity (Wildman–Crippen MR) is 99.1 cm³/mol. The van der Waals surface area contributed by atoms with Crippen LogP contribution >= 0.6 is 11.6 Å². The Morgan fingerprint density at radius 2 is 1.93 bits per heavy atom. The average Bonchev–Trinajstić information content (AvgIpc) is 3.02. The molecule has 3 aromatic rings. The van der Waals surface area contributed by atoms with Gasteiger partial charge in [0.1, 0.15) is 5.69 Å². The second-order valence-corrected chi connectivity index (χ2v) is 6.90. The fourth-order valence-electron chi connectivity index (χ4n) is 2.87. The molecule has 3 rings (SSSR count). The molecule has 2 aromatic heterocycles. The van der Waals surface area contributed by atoms with Crippen LogP contribution < -0.4 is 5.32 Å². The van der Waals surface area contributed by atoms with Crippen molar-refractivity contribution in [2.75, 3.05) is 0 Å². The highest BCUT2D eigenvalue weighted by Crippen LogP contribution is 2.32. The molecule has 0 spiro atoms. The molecule has 1 unspecified atom stereocenters. The van der Waals surface area contributed by atoms with E-state index in [1.165, 1.54) is 6.07 Å². The lowest BCUT2D eigenvalue weighted by atomic mass is 10.0. The maximum absolute atomic E-state index is 13.7. The fourth-order valence-corrected chi connectivity index (χ4v) is 3.00. The molecular weight excluding hydrogens is 374 g/mol. The number of hydrogen-bond acceptors (Lipinski definition) is 3. The number of nitrogens with zero attached hydrogens (tertiary/aromatic N) is 3. The quantitative estimate of drug-likeness (QED) is 0.649. The van der Waals surface area contributed by atoms with Gasteiger partial charge in [0.2, 0.25) is 0 Å². The Labute approximate surface area is 160 Å². The summed E-state index contributed by atoms with van der Waals surface area (Å²) in [6, 6.07) is 10.1. The van der Waals surface area contributed by atoms with Gasteiger partial charge in [0, 0.05) is 11.8 Å². The second kappa shape index (κ2) is 7.23. The van der Waals surface area contributed by atoms with Crippen LogP contribution in [0.4, 0.5) is 8.78 Å². The Balaban J connectivity index is 1.92. The highest BCUT2D eigenvalue weighted by Gasteiger charge is 2.32. The van der Waals surface area contributed by atoms with Crippen molar-refractivity contribution >= 4 is 23.2 Å². The monoisotopic (exact) mass is 392 g/mol. The van der Waals surface area contributed by atoms with Crippen molar-refractivity contribution in [3.8, 4) is 0 Å². The van der Waals surface area contributed by atoms with Crippen molar-refractivity contribution in [3.63, 3.8) is 0 Å². The summed E-state index contributed by atoms with van der Waals surface area (Å²) in [6.45, 7) is 5.51. The Bertz CT molecular complexity index is 980. The highest BCUT2D eigenvalue weighted by atomic mass is 35.5. The first-order valence-electron chi connectivity index (χ1n) is 8.51. The van der Waals surface area contributed by atoms with E-state index in [1.807, 2.05) is 38.1 Å². The maximum atomic E-state index is 13.7. The molecule has 0 aliphatic rings. The molecule has 2 heterocycles. The topological polar surface area (TPSA) is 59.3 Å². The first-order valence-corrected chi connectivity index (χ1v) is 8.89. The number of halogens is 3. The third-order valence-corrected chi connectivity index (χ3v) is 4.47. The van der Waals surface area contributed by atoms with Crippen LogP contribution in [0.3, 0.4) is 0 Å². The molecule has 0 saturated carbocycles. The SMILES string of the molecule is CCC(NC(=O)c1cc2nc(C)cc(C(F)(F)Cl)n2n1)c1ccc(C)cc1. The van der Waals surface area contributed by atoms with Gasteiger partial charge in [0.05, 0.1) is 6.04 Å². The summed E-state index contributed by atoms with van der Waals surface area (Å²) in [5.41, 5.74) is 2.05. The molecule has 0 saturated heterocycles. The van der Waals surface area contributed by atoms with E-state index in [0.717, 1.165) is 21.7 Å². The zero-order valence-corrected chi connectivity index (χ0v) is 15.9. The van der Waals surface area contributed by atoms with Gasteiger partial charge in [-0.25, -0.2) is 9.50 Å². The van der Waals surface area contributed by atoms with Crippen LogP contribution in [0.1, 0.15) is 52.4 Å². The summed E-state index contributed by atoms with van der Waals surface area (Å²) < 4.78 is 28.2. The summed E-state index contributed by atoms with van der Waals surface area (Å²) in [4.78, 5) is 16.8. The molecule has 1 amide bonds. The van der Waals surface area contributed by atoms with E-state index in [0.29, 0.717) is 12.1 Å². The van der Waals surface area contributed by atoms with Gasteiger partial charge in [-0.15, -0.1) is 0 Å². The standard InChI is InChI=1S/C19H19ClF2N4O/c1-4-14(13-7-5-11(2)6-8-13)24-18(27)15-10-17-23-12(3)9-16(19(20,21)22)26(17)25-15/h5-10,14H,4H2,1-3H3,(H,24,27). The molecule has 27 heavy (non-hydrogen) atoms. The van der Waals surface area contributed by atoms with E-state index < -0.39 is 17.0 Å². The number of fused-ring (bicyclic) bond motifs is 1. The summed E-state index contributed by atoms with van der Waals surface area (Å²) in [7, 11) is 0. The Kier molecular flexibility index (Phi) is 5.15. The van der Waals surface area contributed by atoms with E-state index in [-0.39, 0.29) is 17.4 Å². The zero-order valence-electron chi connectivity index (χ0n) is 15.1. The van der Waals surface area contributed by atoms with Crippen molar-refractivity contribution in [1.29, 1.82) is 0 Å². The lowest BCUT2D eigenvalue weighted by molar-refractivity contribution is 0.0863. The predicted octanol–water partition coefficient (Wildman–Crippen LogP) is 4.52. The van der Waals surface area contributed by atoms with Gasteiger partial charge < -0.3 is 5.32 Å². The van der Waals surface area contributed by atoms with Gasteiger partial charge in [0.15, 0.2) is 11.3 Å². The minimum Gasteiger partial charge on any atom is -0.344 e. The number of aryl methyl sites for hydroxylation is 2. The van der Waals surface area contributed by atoms with Gasteiger partial charge in [-0.05, 0) is 43.5 Å². The van der Waals surface area contributed by atoms with E-state index in [2.05, 4.69) is 15.4 Å². The van der Waals surface area contributed by atoms with Gasteiger partial charge >= 0.3 is 5.38 Å². The van der Waals surface area contributed by atoms with Crippen LogP contribution in [0.25, 0.3) is 5.65 Å². The first kappa shape index (κ1) is 19.2. The lowest BCUT2D eigenvalue weighted by Gasteiger charge is -2.17. The van der Waals surface area contributed by atoms with Crippen LogP contribution in [0.5, 0.6) is 0 Å². The largest absolute Gasteiger partial charge is 0.364 e. The number of benzene rings is 1. The number of amides is 1. The van der Waals surface area contributed by atoms with Crippen molar-refractivity contribution in [3.05, 3.63) is 64.6 Å². The number of alkyl halides is 3. The third-order valence-electron chi connectivity index (χ3n) is 4.27. The van der Waals surface area contributed by atoms with Gasteiger partial charge in [-0.3, -0.25) is 4.79 Å². The van der Waals surface area contributed by atoms with Crippen molar-refractivity contribution < 1.29 is 13.6 Å². The minimum absolute atomic E-state index is 0.000767. The van der Waals surface area contributed by atoms with E-state index >= 15 is 0 Å². The molecule has 0 bridgehead atoms. The number of nitrogens with one attached hydrogen (secondary N) is 1. The van der Waals surface area contributed by atoms with Crippen molar-refractivity contribution in [2.45, 2.75) is 38.6 Å². The first-order chi connectivity index (χ1) is 12.7. The molecular formula is C19H19ClF2N4O. The molecule has 142 valence electrons. The highest BCUT2D eigenvalue weighted by molar-refractivity contribution is 6.21. The summed E-state index contributed by atoms with van der Waals surface area (Å²) in [6.07, 6.45) is 0.671. The second-order valence-electron chi connectivity index (χ2n) is 6.43. The number of carbonyl (C=O) groups excluding carboxylic acids is 1. The van der Waals surface area contributed by atoms with Crippen LogP contribution in [-0.2, 0) is 5.38 Å². The zero-order chi connectivity index (χ0) is 19.8. The molecule has 0 aliphatic carbocycles. The third kappa shape index (κ3) is 4.08. The smallest absolute Gasteiger partial charge is 0.344 e. The Morgan fingerprint density at radius 1 is 1.26 bits per heavy atom. The van der Waals surface area contributed by atoms with Crippen LogP contribution in [0.2, 0.25) is 0 Å². The number of rotatable bonds is 5. The summed E-state index contributed by atoms with van der Waals surface area (Å²) in [5, 5.41) is 3.26. The molecule has 1 atom stereocenters. The molecule has 8 heteroatoms. The molecule has 0 fully saturated rings. The van der Waals surface area contributed by atoms with Crippen molar-refractivity contribution in [2.24, 2.45) is 0 Å². The maximum Gasteiger partial charge on any atom is 0.364 e. The molecule has 1 N–H and O–H groups in total. The average molecular weight is 393 g/mol. The normalized spacial score (nSPS) is 13.0. The number of hydrogen-bond donors (Lipinski definition) is 1. The van der Waals surface area contributed by atoms with E-state index in [4.69, 9.17) is 11.6 Å². The summed E-state index contributed by atoms with van der Waals surface area (Å²) in [5.74, 6) is -0.464. The molecule has 5 nitrogen and oxygen atoms in total. The van der Waals surface area contributed by atoms with Crippen LogP contribution in [-0.4, -0.2) is 20.5 Å². The number of aromatic nitrogens is 3. The van der Waals surface area contributed by atoms with Gasteiger partial charge in [-0.2, -0.15) is 13.9 Å². The van der Waals surface area contributed by atoms with Crippen LogP contribution in [0.15, 0.2) is 36.4 Å². The van der Waals surface area contributed by atoms with Crippen molar-refractivity contribution in [1.82, 2.24) is 19.9 Å². The van der Waals surface area contributed by atoms with Gasteiger partial charge in [0.25, 0.3) is 5.91 Å². The van der Waals surface area contributed by atoms with E-state index in [1.54, 1.807) is 6.92 Å². The number of carbonyl (C=O) groups is 1.